The molecule has 2 aromatic rings. The van der Waals surface area contributed by atoms with Crippen molar-refractivity contribution in [2.24, 2.45) is 0 Å². The van der Waals surface area contributed by atoms with Gasteiger partial charge in [-0.25, -0.2) is 9.97 Å². The largest absolute Gasteiger partial charge is 0.490 e. The lowest BCUT2D eigenvalue weighted by molar-refractivity contribution is 0.243. The second-order valence-corrected chi connectivity index (χ2v) is 3.96. The van der Waals surface area contributed by atoms with Crippen LogP contribution in [0.15, 0.2) is 36.5 Å². The maximum Gasteiger partial charge on any atom is 0.220 e. The Labute approximate surface area is 100 Å². The highest BCUT2D eigenvalue weighted by Gasteiger charge is 2.08. The lowest BCUT2D eigenvalue weighted by Gasteiger charge is -2.13. The first-order valence-corrected chi connectivity index (χ1v) is 5.51. The van der Waals surface area contributed by atoms with Gasteiger partial charge in [0.15, 0.2) is 0 Å². The predicted octanol–water partition coefficient (Wildman–Crippen LogP) is 2.51. The van der Waals surface area contributed by atoms with E-state index in [4.69, 9.17) is 10.5 Å². The minimum absolute atomic E-state index is 0.121. The van der Waals surface area contributed by atoms with Gasteiger partial charge in [0.05, 0.1) is 11.8 Å². The first-order valence-electron chi connectivity index (χ1n) is 5.51. The molecular weight excluding hydrogens is 214 g/mol. The highest BCUT2D eigenvalue weighted by atomic mass is 16.5. The van der Waals surface area contributed by atoms with E-state index < -0.39 is 0 Å². The summed E-state index contributed by atoms with van der Waals surface area (Å²) < 4.78 is 5.74. The van der Waals surface area contributed by atoms with Gasteiger partial charge in [0.25, 0.3) is 0 Å². The number of anilines is 1. The number of rotatable bonds is 3. The van der Waals surface area contributed by atoms with Crippen LogP contribution in [0.5, 0.6) is 5.75 Å². The van der Waals surface area contributed by atoms with Crippen LogP contribution in [0.4, 0.5) is 5.95 Å². The van der Waals surface area contributed by atoms with E-state index in [1.165, 1.54) is 0 Å². The number of para-hydroxylation sites is 1. The summed E-state index contributed by atoms with van der Waals surface area (Å²) in [5.41, 5.74) is 7.28. The average Bonchev–Trinajstić information content (AvgIpc) is 2.29. The first kappa shape index (κ1) is 11.4. The van der Waals surface area contributed by atoms with Gasteiger partial charge < -0.3 is 10.5 Å². The Morgan fingerprint density at radius 3 is 2.65 bits per heavy atom. The molecule has 0 aliphatic heterocycles. The van der Waals surface area contributed by atoms with Crippen LogP contribution in [0, 0.1) is 0 Å². The zero-order valence-corrected chi connectivity index (χ0v) is 9.92. The van der Waals surface area contributed by atoms with Gasteiger partial charge in [0, 0.05) is 11.8 Å². The third kappa shape index (κ3) is 2.72. The molecule has 1 aromatic carbocycles. The molecule has 0 saturated carbocycles. The number of hydrogen-bond donors (Lipinski definition) is 1. The Morgan fingerprint density at radius 1 is 1.18 bits per heavy atom. The fourth-order valence-corrected chi connectivity index (χ4v) is 1.56. The van der Waals surface area contributed by atoms with E-state index in [0.717, 1.165) is 17.0 Å². The Morgan fingerprint density at radius 2 is 1.94 bits per heavy atom. The Bertz CT molecular complexity index is 512. The maximum atomic E-state index is 5.74. The van der Waals surface area contributed by atoms with E-state index in [1.54, 1.807) is 6.20 Å². The van der Waals surface area contributed by atoms with Crippen LogP contribution in [-0.4, -0.2) is 16.1 Å². The zero-order valence-electron chi connectivity index (χ0n) is 9.92. The number of nitrogen functional groups attached to an aromatic ring is 1. The lowest BCUT2D eigenvalue weighted by Crippen LogP contribution is -2.06. The summed E-state index contributed by atoms with van der Waals surface area (Å²) >= 11 is 0. The van der Waals surface area contributed by atoms with Crippen molar-refractivity contribution in [3.8, 4) is 17.0 Å². The van der Waals surface area contributed by atoms with Gasteiger partial charge in [-0.15, -0.1) is 0 Å². The molecule has 0 atom stereocenters. The quantitative estimate of drug-likeness (QED) is 0.878. The number of aromatic nitrogens is 2. The third-order valence-corrected chi connectivity index (χ3v) is 2.20. The van der Waals surface area contributed by atoms with Gasteiger partial charge in [0.1, 0.15) is 5.75 Å². The van der Waals surface area contributed by atoms with E-state index in [-0.39, 0.29) is 12.1 Å². The van der Waals surface area contributed by atoms with Crippen LogP contribution >= 0.6 is 0 Å². The second kappa shape index (κ2) is 4.82. The molecule has 0 aliphatic carbocycles. The topological polar surface area (TPSA) is 61.0 Å². The summed E-state index contributed by atoms with van der Waals surface area (Å²) in [5, 5.41) is 0. The highest BCUT2D eigenvalue weighted by Crippen LogP contribution is 2.29. The Kier molecular flexibility index (Phi) is 3.23. The highest BCUT2D eigenvalue weighted by molar-refractivity contribution is 5.67. The van der Waals surface area contributed by atoms with Crippen molar-refractivity contribution in [2.75, 3.05) is 5.73 Å². The molecule has 1 heterocycles. The zero-order chi connectivity index (χ0) is 12.3. The Hall–Kier alpha value is -2.10. The molecule has 4 nitrogen and oxygen atoms in total. The fourth-order valence-electron chi connectivity index (χ4n) is 1.56. The van der Waals surface area contributed by atoms with Gasteiger partial charge >= 0.3 is 0 Å². The van der Waals surface area contributed by atoms with Crippen LogP contribution in [0.25, 0.3) is 11.3 Å². The molecule has 0 fully saturated rings. The fraction of sp³-hybridized carbons (Fsp3) is 0.231. The predicted molar refractivity (Wildman–Crippen MR) is 67.6 cm³/mol. The van der Waals surface area contributed by atoms with Crippen LogP contribution < -0.4 is 10.5 Å². The molecule has 88 valence electrons. The average molecular weight is 229 g/mol. The van der Waals surface area contributed by atoms with Crippen LogP contribution in [-0.2, 0) is 0 Å². The van der Waals surface area contributed by atoms with Gasteiger partial charge in [0.2, 0.25) is 5.95 Å². The van der Waals surface area contributed by atoms with Gasteiger partial charge in [-0.05, 0) is 32.0 Å². The number of ether oxygens (including phenoxy) is 1. The monoisotopic (exact) mass is 229 g/mol. The summed E-state index contributed by atoms with van der Waals surface area (Å²) in [6, 6.07) is 9.58. The summed E-state index contributed by atoms with van der Waals surface area (Å²) in [4.78, 5) is 8.08. The normalized spacial score (nSPS) is 10.5. The van der Waals surface area contributed by atoms with Crippen LogP contribution in [0.2, 0.25) is 0 Å². The first-order chi connectivity index (χ1) is 8.16. The summed E-state index contributed by atoms with van der Waals surface area (Å²) in [6.45, 7) is 3.98. The van der Waals surface area contributed by atoms with Gasteiger partial charge in [-0.2, -0.15) is 0 Å². The van der Waals surface area contributed by atoms with Crippen molar-refractivity contribution in [2.45, 2.75) is 20.0 Å². The van der Waals surface area contributed by atoms with Crippen molar-refractivity contribution >= 4 is 5.95 Å². The van der Waals surface area contributed by atoms with Gasteiger partial charge in [-0.1, -0.05) is 12.1 Å². The Balaban J connectivity index is 2.44. The van der Waals surface area contributed by atoms with E-state index in [0.29, 0.717) is 0 Å². The number of hydrogen-bond acceptors (Lipinski definition) is 4. The molecule has 17 heavy (non-hydrogen) atoms. The molecule has 0 radical (unpaired) electrons. The van der Waals surface area contributed by atoms with E-state index in [1.807, 2.05) is 44.2 Å². The molecule has 2 N–H and O–H groups in total. The van der Waals surface area contributed by atoms with E-state index in [9.17, 15) is 0 Å². The van der Waals surface area contributed by atoms with Crippen molar-refractivity contribution in [3.63, 3.8) is 0 Å². The molecular formula is C13H15N3O. The number of nitrogens with two attached hydrogens (primary N) is 1. The third-order valence-electron chi connectivity index (χ3n) is 2.20. The number of benzene rings is 1. The lowest BCUT2D eigenvalue weighted by atomic mass is 10.1. The van der Waals surface area contributed by atoms with Gasteiger partial charge in [-0.3, -0.25) is 0 Å². The minimum Gasteiger partial charge on any atom is -0.490 e. The molecule has 0 amide bonds. The molecule has 2 rings (SSSR count). The van der Waals surface area contributed by atoms with Crippen molar-refractivity contribution in [1.82, 2.24) is 9.97 Å². The van der Waals surface area contributed by atoms with Crippen LogP contribution in [0.1, 0.15) is 13.8 Å². The molecule has 1 aromatic heterocycles. The van der Waals surface area contributed by atoms with Crippen molar-refractivity contribution < 1.29 is 4.74 Å². The van der Waals surface area contributed by atoms with Crippen molar-refractivity contribution in [1.29, 1.82) is 0 Å². The minimum atomic E-state index is 0.121. The molecule has 0 aliphatic rings. The van der Waals surface area contributed by atoms with Crippen LogP contribution in [0.3, 0.4) is 0 Å². The number of nitrogens with zero attached hydrogens (tertiary/aromatic N) is 2. The standard InChI is InChI=1S/C13H15N3O/c1-9(2)17-12-6-4-3-5-10(12)11-7-8-15-13(14)16-11/h3-9H,1-2H3,(H2,14,15,16). The molecule has 0 unspecified atom stereocenters. The molecule has 4 heteroatoms. The molecule has 0 bridgehead atoms. The summed E-state index contributed by atoms with van der Waals surface area (Å²) in [7, 11) is 0. The maximum absolute atomic E-state index is 5.74. The van der Waals surface area contributed by atoms with E-state index in [2.05, 4.69) is 9.97 Å². The molecule has 0 saturated heterocycles. The smallest absolute Gasteiger partial charge is 0.220 e. The summed E-state index contributed by atoms with van der Waals surface area (Å²) in [6.07, 6.45) is 1.76. The van der Waals surface area contributed by atoms with Crippen molar-refractivity contribution in [3.05, 3.63) is 36.5 Å². The second-order valence-electron chi connectivity index (χ2n) is 3.96. The SMILES string of the molecule is CC(C)Oc1ccccc1-c1ccnc(N)n1. The van der Waals surface area contributed by atoms with E-state index >= 15 is 0 Å². The molecule has 0 spiro atoms. The summed E-state index contributed by atoms with van der Waals surface area (Å²) in [5.74, 6) is 1.07.